The lowest BCUT2D eigenvalue weighted by Gasteiger charge is -2.49. The molecule has 2 rings (SSSR count). The monoisotopic (exact) mass is 266 g/mol. The maximum absolute atomic E-state index is 3.68. The van der Waals surface area contributed by atoms with Crippen molar-refractivity contribution in [2.75, 3.05) is 13.1 Å². The van der Waals surface area contributed by atoms with Crippen LogP contribution in [0.25, 0.3) is 0 Å². The average molecular weight is 266 g/mol. The van der Waals surface area contributed by atoms with E-state index in [4.69, 9.17) is 0 Å². The van der Waals surface area contributed by atoms with E-state index in [2.05, 4.69) is 37.9 Å². The highest BCUT2D eigenvalue weighted by molar-refractivity contribution is 4.92. The number of rotatable bonds is 5. The summed E-state index contributed by atoms with van der Waals surface area (Å²) in [4.78, 5) is 2.88. The van der Waals surface area contributed by atoms with Crippen LogP contribution in [0, 0.1) is 11.8 Å². The lowest BCUT2D eigenvalue weighted by atomic mass is 9.77. The molecule has 2 aliphatic rings. The predicted octanol–water partition coefficient (Wildman–Crippen LogP) is 3.66. The van der Waals surface area contributed by atoms with E-state index < -0.39 is 0 Å². The zero-order valence-corrected chi connectivity index (χ0v) is 13.5. The summed E-state index contributed by atoms with van der Waals surface area (Å²) in [5.41, 5.74) is 0. The summed E-state index contributed by atoms with van der Waals surface area (Å²) < 4.78 is 0. The Morgan fingerprint density at radius 1 is 1.00 bits per heavy atom. The summed E-state index contributed by atoms with van der Waals surface area (Å²) in [6, 6.07) is 2.23. The molecule has 112 valence electrons. The van der Waals surface area contributed by atoms with Crippen molar-refractivity contribution in [1.82, 2.24) is 10.2 Å². The molecule has 3 unspecified atom stereocenters. The van der Waals surface area contributed by atoms with Crippen LogP contribution >= 0.6 is 0 Å². The molecular formula is C17H34N2. The number of piperidine rings is 1. The van der Waals surface area contributed by atoms with Crippen molar-refractivity contribution in [2.45, 2.75) is 84.3 Å². The molecule has 0 amide bonds. The van der Waals surface area contributed by atoms with Crippen LogP contribution in [0.15, 0.2) is 0 Å². The van der Waals surface area contributed by atoms with Crippen molar-refractivity contribution in [3.63, 3.8) is 0 Å². The average Bonchev–Trinajstić information content (AvgIpc) is 2.38. The van der Waals surface area contributed by atoms with Crippen molar-refractivity contribution in [3.05, 3.63) is 0 Å². The fraction of sp³-hybridized carbons (Fsp3) is 1.00. The third-order valence-electron chi connectivity index (χ3n) is 5.22. The zero-order valence-electron chi connectivity index (χ0n) is 13.5. The minimum atomic E-state index is 0.605. The van der Waals surface area contributed by atoms with Crippen LogP contribution in [0.2, 0.25) is 0 Å². The summed E-state index contributed by atoms with van der Waals surface area (Å²) >= 11 is 0. The molecule has 19 heavy (non-hydrogen) atoms. The van der Waals surface area contributed by atoms with Crippen LogP contribution in [-0.4, -0.2) is 36.1 Å². The SMILES string of the molecule is CC(C)NCC(C(C)C)N1CCCC2CCCCC21. The van der Waals surface area contributed by atoms with Gasteiger partial charge in [-0.15, -0.1) is 0 Å². The van der Waals surface area contributed by atoms with Gasteiger partial charge in [-0.05, 0) is 44.1 Å². The van der Waals surface area contributed by atoms with E-state index in [9.17, 15) is 0 Å². The first-order valence-corrected chi connectivity index (χ1v) is 8.58. The predicted molar refractivity (Wildman–Crippen MR) is 83.5 cm³/mol. The molecule has 0 bridgehead atoms. The fourth-order valence-electron chi connectivity index (χ4n) is 4.17. The summed E-state index contributed by atoms with van der Waals surface area (Å²) in [5.74, 6) is 1.76. The van der Waals surface area contributed by atoms with Gasteiger partial charge in [-0.2, -0.15) is 0 Å². The Labute approximate surface area is 120 Å². The number of nitrogens with zero attached hydrogens (tertiary/aromatic N) is 1. The molecule has 3 atom stereocenters. The fourth-order valence-corrected chi connectivity index (χ4v) is 4.17. The van der Waals surface area contributed by atoms with Crippen molar-refractivity contribution in [3.8, 4) is 0 Å². The first-order valence-electron chi connectivity index (χ1n) is 8.58. The maximum Gasteiger partial charge on any atom is 0.0246 e. The summed E-state index contributed by atoms with van der Waals surface area (Å²) in [7, 11) is 0. The van der Waals surface area contributed by atoms with E-state index in [1.807, 2.05) is 0 Å². The minimum Gasteiger partial charge on any atom is -0.313 e. The standard InChI is InChI=1S/C17H34N2/c1-13(2)17(12-18-14(3)4)19-11-7-9-15-8-5-6-10-16(15)19/h13-18H,5-12H2,1-4H3. The molecule has 0 aromatic rings. The van der Waals surface area contributed by atoms with E-state index in [0.717, 1.165) is 23.9 Å². The Morgan fingerprint density at radius 3 is 2.37 bits per heavy atom. The lowest BCUT2D eigenvalue weighted by molar-refractivity contribution is 0.00958. The van der Waals surface area contributed by atoms with Crippen LogP contribution in [-0.2, 0) is 0 Å². The van der Waals surface area contributed by atoms with Crippen LogP contribution in [0.5, 0.6) is 0 Å². The first-order chi connectivity index (χ1) is 9.09. The van der Waals surface area contributed by atoms with Gasteiger partial charge >= 0.3 is 0 Å². The van der Waals surface area contributed by atoms with Gasteiger partial charge in [0.25, 0.3) is 0 Å². The molecular weight excluding hydrogens is 232 g/mol. The number of nitrogens with one attached hydrogen (secondary N) is 1. The zero-order chi connectivity index (χ0) is 13.8. The first kappa shape index (κ1) is 15.3. The smallest absolute Gasteiger partial charge is 0.0246 e. The van der Waals surface area contributed by atoms with Gasteiger partial charge in [-0.1, -0.05) is 40.5 Å². The Kier molecular flexibility index (Phi) is 5.70. The number of hydrogen-bond donors (Lipinski definition) is 1. The topological polar surface area (TPSA) is 15.3 Å². The van der Waals surface area contributed by atoms with Crippen LogP contribution < -0.4 is 5.32 Å². The number of likely N-dealkylation sites (tertiary alicyclic amines) is 1. The van der Waals surface area contributed by atoms with E-state index in [-0.39, 0.29) is 0 Å². The number of hydrogen-bond acceptors (Lipinski definition) is 2. The van der Waals surface area contributed by atoms with Gasteiger partial charge in [0.15, 0.2) is 0 Å². The molecule has 1 heterocycles. The van der Waals surface area contributed by atoms with Crippen molar-refractivity contribution < 1.29 is 0 Å². The molecule has 2 heteroatoms. The highest BCUT2D eigenvalue weighted by Crippen LogP contribution is 2.37. The second-order valence-corrected chi connectivity index (χ2v) is 7.37. The normalized spacial score (nSPS) is 30.6. The van der Waals surface area contributed by atoms with Crippen LogP contribution in [0.4, 0.5) is 0 Å². The number of fused-ring (bicyclic) bond motifs is 1. The molecule has 2 fully saturated rings. The van der Waals surface area contributed by atoms with E-state index in [1.165, 1.54) is 51.6 Å². The maximum atomic E-state index is 3.68. The van der Waals surface area contributed by atoms with Crippen LogP contribution in [0.1, 0.15) is 66.2 Å². The minimum absolute atomic E-state index is 0.605. The van der Waals surface area contributed by atoms with Gasteiger partial charge in [-0.25, -0.2) is 0 Å². The van der Waals surface area contributed by atoms with E-state index in [0.29, 0.717) is 6.04 Å². The molecule has 0 spiro atoms. The molecule has 2 nitrogen and oxygen atoms in total. The highest BCUT2D eigenvalue weighted by Gasteiger charge is 2.37. The van der Waals surface area contributed by atoms with Crippen molar-refractivity contribution >= 4 is 0 Å². The Hall–Kier alpha value is -0.0800. The van der Waals surface area contributed by atoms with Crippen molar-refractivity contribution in [1.29, 1.82) is 0 Å². The molecule has 1 N–H and O–H groups in total. The summed E-state index contributed by atoms with van der Waals surface area (Å²) in [5, 5.41) is 3.68. The molecule has 1 saturated heterocycles. The quantitative estimate of drug-likeness (QED) is 0.817. The van der Waals surface area contributed by atoms with Gasteiger partial charge in [0.05, 0.1) is 0 Å². The van der Waals surface area contributed by atoms with Gasteiger partial charge in [0, 0.05) is 24.7 Å². The molecule has 0 radical (unpaired) electrons. The molecule has 1 aliphatic carbocycles. The van der Waals surface area contributed by atoms with E-state index in [1.54, 1.807) is 0 Å². The second-order valence-electron chi connectivity index (χ2n) is 7.37. The van der Waals surface area contributed by atoms with Gasteiger partial charge in [-0.3, -0.25) is 4.90 Å². The van der Waals surface area contributed by atoms with Gasteiger partial charge < -0.3 is 5.32 Å². The third-order valence-corrected chi connectivity index (χ3v) is 5.22. The largest absolute Gasteiger partial charge is 0.313 e. The van der Waals surface area contributed by atoms with E-state index >= 15 is 0 Å². The third kappa shape index (κ3) is 3.95. The molecule has 1 saturated carbocycles. The van der Waals surface area contributed by atoms with Crippen molar-refractivity contribution in [2.24, 2.45) is 11.8 Å². The van der Waals surface area contributed by atoms with Gasteiger partial charge in [0.1, 0.15) is 0 Å². The Balaban J connectivity index is 2.01. The molecule has 0 aromatic carbocycles. The van der Waals surface area contributed by atoms with Crippen LogP contribution in [0.3, 0.4) is 0 Å². The molecule has 1 aliphatic heterocycles. The summed E-state index contributed by atoms with van der Waals surface area (Å²) in [6.45, 7) is 11.8. The lowest BCUT2D eigenvalue weighted by Crippen LogP contribution is -2.56. The second kappa shape index (κ2) is 7.08. The molecule has 0 aromatic heterocycles. The highest BCUT2D eigenvalue weighted by atomic mass is 15.2. The Bertz CT molecular complexity index is 260. The Morgan fingerprint density at radius 2 is 1.68 bits per heavy atom. The van der Waals surface area contributed by atoms with Gasteiger partial charge in [0.2, 0.25) is 0 Å². The summed E-state index contributed by atoms with van der Waals surface area (Å²) in [6.07, 6.45) is 8.79.